The first kappa shape index (κ1) is 25.4. The van der Waals surface area contributed by atoms with Crippen LogP contribution in [0.2, 0.25) is 0 Å². The molecule has 32 heavy (non-hydrogen) atoms. The van der Waals surface area contributed by atoms with E-state index in [9.17, 15) is 14.0 Å². The van der Waals surface area contributed by atoms with Crippen molar-refractivity contribution >= 4 is 11.8 Å². The van der Waals surface area contributed by atoms with Crippen molar-refractivity contribution in [3.8, 4) is 5.75 Å². The van der Waals surface area contributed by atoms with E-state index in [1.54, 1.807) is 12.1 Å². The van der Waals surface area contributed by atoms with E-state index in [1.807, 2.05) is 45.0 Å². The highest BCUT2D eigenvalue weighted by Gasteiger charge is 2.29. The first-order valence-corrected chi connectivity index (χ1v) is 11.3. The summed E-state index contributed by atoms with van der Waals surface area (Å²) in [5.41, 5.74) is 1.77. The van der Waals surface area contributed by atoms with Gasteiger partial charge in [-0.2, -0.15) is 0 Å². The molecule has 0 saturated heterocycles. The molecule has 174 valence electrons. The number of hydrogen-bond acceptors (Lipinski definition) is 3. The van der Waals surface area contributed by atoms with Crippen molar-refractivity contribution in [1.82, 2.24) is 10.2 Å². The standard InChI is InChI=1S/C26H35FN2O3/c1-6-23(26(31)28-15-18(2)3)29(16-20-11-13-21(27)14-12-20)25(30)17-32-24-10-8-7-9-22(24)19(4)5/h7-14,18-19,23H,6,15-17H2,1-5H3,(H,28,31)/t23-/m1/s1. The molecule has 5 nitrogen and oxygen atoms in total. The molecule has 0 aliphatic rings. The van der Waals surface area contributed by atoms with Crippen molar-refractivity contribution in [1.29, 1.82) is 0 Å². The lowest BCUT2D eigenvalue weighted by Crippen LogP contribution is -2.50. The van der Waals surface area contributed by atoms with Crippen molar-refractivity contribution in [3.63, 3.8) is 0 Å². The van der Waals surface area contributed by atoms with Gasteiger partial charge in [-0.3, -0.25) is 9.59 Å². The van der Waals surface area contributed by atoms with Crippen LogP contribution in [0.4, 0.5) is 4.39 Å². The summed E-state index contributed by atoms with van der Waals surface area (Å²) in [4.78, 5) is 27.7. The van der Waals surface area contributed by atoms with E-state index in [-0.39, 0.29) is 36.7 Å². The molecule has 2 rings (SSSR count). The van der Waals surface area contributed by atoms with Crippen molar-refractivity contribution in [2.75, 3.05) is 13.2 Å². The summed E-state index contributed by atoms with van der Waals surface area (Å²) in [7, 11) is 0. The van der Waals surface area contributed by atoms with Gasteiger partial charge in [0.05, 0.1) is 0 Å². The largest absolute Gasteiger partial charge is 0.483 e. The summed E-state index contributed by atoms with van der Waals surface area (Å²) in [6.45, 7) is 10.6. The molecule has 2 aromatic carbocycles. The molecule has 2 aromatic rings. The molecule has 0 bridgehead atoms. The van der Waals surface area contributed by atoms with Gasteiger partial charge < -0.3 is 15.0 Å². The monoisotopic (exact) mass is 442 g/mol. The SMILES string of the molecule is CC[C@H](C(=O)NCC(C)C)N(Cc1ccc(F)cc1)C(=O)COc1ccccc1C(C)C. The Kier molecular flexibility index (Phi) is 9.69. The fourth-order valence-electron chi connectivity index (χ4n) is 3.44. The molecule has 0 fully saturated rings. The summed E-state index contributed by atoms with van der Waals surface area (Å²) >= 11 is 0. The molecule has 6 heteroatoms. The minimum absolute atomic E-state index is 0.182. The number of nitrogens with zero attached hydrogens (tertiary/aromatic N) is 1. The van der Waals surface area contributed by atoms with Gasteiger partial charge in [-0.25, -0.2) is 4.39 Å². The summed E-state index contributed by atoms with van der Waals surface area (Å²) in [6, 6.07) is 13.0. The maximum Gasteiger partial charge on any atom is 0.261 e. The molecular formula is C26H35FN2O3. The number of rotatable bonds is 11. The maximum atomic E-state index is 13.4. The summed E-state index contributed by atoms with van der Waals surface area (Å²) in [5, 5.41) is 2.93. The van der Waals surface area contributed by atoms with Crippen molar-refractivity contribution in [2.45, 2.75) is 59.5 Å². The fourth-order valence-corrected chi connectivity index (χ4v) is 3.44. The Labute approximate surface area is 191 Å². The molecule has 1 atom stereocenters. The predicted molar refractivity (Wildman–Crippen MR) is 125 cm³/mol. The van der Waals surface area contributed by atoms with Gasteiger partial charge in [0.15, 0.2) is 6.61 Å². The maximum absolute atomic E-state index is 13.4. The molecule has 2 amide bonds. The average molecular weight is 443 g/mol. The topological polar surface area (TPSA) is 58.6 Å². The molecule has 1 N–H and O–H groups in total. The van der Waals surface area contributed by atoms with E-state index in [2.05, 4.69) is 19.2 Å². The first-order chi connectivity index (χ1) is 15.2. The van der Waals surface area contributed by atoms with E-state index >= 15 is 0 Å². The van der Waals surface area contributed by atoms with Gasteiger partial charge in [0.1, 0.15) is 17.6 Å². The molecular weight excluding hydrogens is 407 g/mol. The van der Waals surface area contributed by atoms with Crippen LogP contribution in [0.5, 0.6) is 5.75 Å². The zero-order chi connectivity index (χ0) is 23.7. The minimum Gasteiger partial charge on any atom is -0.483 e. The fraction of sp³-hybridized carbons (Fsp3) is 0.462. The molecule has 0 heterocycles. The number of nitrogens with one attached hydrogen (secondary N) is 1. The van der Waals surface area contributed by atoms with E-state index < -0.39 is 6.04 Å². The van der Waals surface area contributed by atoms with Gasteiger partial charge in [0.2, 0.25) is 5.91 Å². The number of carbonyl (C=O) groups is 2. The lowest BCUT2D eigenvalue weighted by Gasteiger charge is -2.31. The van der Waals surface area contributed by atoms with Crippen LogP contribution >= 0.6 is 0 Å². The molecule has 0 unspecified atom stereocenters. The van der Waals surface area contributed by atoms with Crippen LogP contribution < -0.4 is 10.1 Å². The number of halogens is 1. The molecule has 0 spiro atoms. The molecule has 0 aliphatic carbocycles. The average Bonchev–Trinajstić information content (AvgIpc) is 2.77. The minimum atomic E-state index is -0.643. The Balaban J connectivity index is 2.23. The Bertz CT molecular complexity index is 881. The lowest BCUT2D eigenvalue weighted by atomic mass is 10.0. The molecule has 0 radical (unpaired) electrons. The van der Waals surface area contributed by atoms with Crippen LogP contribution in [-0.4, -0.2) is 35.9 Å². The quantitative estimate of drug-likeness (QED) is 0.538. The van der Waals surface area contributed by atoms with Crippen LogP contribution in [0.15, 0.2) is 48.5 Å². The van der Waals surface area contributed by atoms with Gasteiger partial charge in [0, 0.05) is 13.1 Å². The number of ether oxygens (including phenoxy) is 1. The second-order valence-corrected chi connectivity index (χ2v) is 8.69. The lowest BCUT2D eigenvalue weighted by molar-refractivity contribution is -0.143. The van der Waals surface area contributed by atoms with E-state index in [0.717, 1.165) is 11.1 Å². The van der Waals surface area contributed by atoms with Gasteiger partial charge in [-0.05, 0) is 47.6 Å². The highest BCUT2D eigenvalue weighted by molar-refractivity contribution is 5.88. The van der Waals surface area contributed by atoms with Gasteiger partial charge in [-0.15, -0.1) is 0 Å². The Morgan fingerprint density at radius 3 is 2.28 bits per heavy atom. The number of benzene rings is 2. The zero-order valence-corrected chi connectivity index (χ0v) is 19.7. The molecule has 0 aliphatic heterocycles. The third-order valence-electron chi connectivity index (χ3n) is 5.23. The Morgan fingerprint density at radius 2 is 1.69 bits per heavy atom. The molecule has 0 saturated carbocycles. The summed E-state index contributed by atoms with van der Waals surface area (Å²) < 4.78 is 19.2. The highest BCUT2D eigenvalue weighted by atomic mass is 19.1. The van der Waals surface area contributed by atoms with E-state index in [4.69, 9.17) is 4.74 Å². The van der Waals surface area contributed by atoms with Crippen molar-refractivity contribution < 1.29 is 18.7 Å². The van der Waals surface area contributed by atoms with Gasteiger partial charge in [0.25, 0.3) is 5.91 Å². The Morgan fingerprint density at radius 1 is 1.03 bits per heavy atom. The van der Waals surface area contributed by atoms with Crippen molar-refractivity contribution in [3.05, 3.63) is 65.5 Å². The summed E-state index contributed by atoms with van der Waals surface area (Å²) in [5.74, 6) is 0.380. The third kappa shape index (κ3) is 7.36. The van der Waals surface area contributed by atoms with E-state index in [0.29, 0.717) is 24.6 Å². The Hall–Kier alpha value is -2.89. The van der Waals surface area contributed by atoms with Crippen LogP contribution in [0.3, 0.4) is 0 Å². The van der Waals surface area contributed by atoms with Crippen LogP contribution in [0.1, 0.15) is 58.1 Å². The smallest absolute Gasteiger partial charge is 0.261 e. The van der Waals surface area contributed by atoms with Crippen LogP contribution in [0, 0.1) is 11.7 Å². The second-order valence-electron chi connectivity index (χ2n) is 8.69. The predicted octanol–water partition coefficient (Wildman–Crippen LogP) is 4.91. The number of amides is 2. The van der Waals surface area contributed by atoms with Gasteiger partial charge in [-0.1, -0.05) is 65.0 Å². The number of hydrogen-bond donors (Lipinski definition) is 1. The van der Waals surface area contributed by atoms with Crippen molar-refractivity contribution in [2.24, 2.45) is 5.92 Å². The normalized spacial score (nSPS) is 12.0. The zero-order valence-electron chi connectivity index (χ0n) is 19.7. The van der Waals surface area contributed by atoms with Gasteiger partial charge >= 0.3 is 0 Å². The number of para-hydroxylation sites is 1. The highest BCUT2D eigenvalue weighted by Crippen LogP contribution is 2.26. The first-order valence-electron chi connectivity index (χ1n) is 11.3. The number of carbonyl (C=O) groups excluding carboxylic acids is 2. The van der Waals surface area contributed by atoms with E-state index in [1.165, 1.54) is 17.0 Å². The van der Waals surface area contributed by atoms with Crippen LogP contribution in [0.25, 0.3) is 0 Å². The van der Waals surface area contributed by atoms with Crippen LogP contribution in [-0.2, 0) is 16.1 Å². The summed E-state index contributed by atoms with van der Waals surface area (Å²) in [6.07, 6.45) is 0.458. The third-order valence-corrected chi connectivity index (χ3v) is 5.23. The second kappa shape index (κ2) is 12.2. The molecule has 0 aromatic heterocycles.